The second-order valence-electron chi connectivity index (χ2n) is 5.63. The molecule has 2 N–H and O–H groups in total. The van der Waals surface area contributed by atoms with Crippen LogP contribution in [0.4, 0.5) is 0 Å². The molecule has 0 aliphatic rings. The van der Waals surface area contributed by atoms with E-state index in [-0.39, 0.29) is 11.8 Å². The molecular weight excluding hydrogens is 328 g/mol. The molecule has 6 heteroatoms. The average molecular weight is 346 g/mol. The fourth-order valence-electron chi connectivity index (χ4n) is 2.44. The number of carbonyl (C=O) groups excluding carboxylic acids is 2. The van der Waals surface area contributed by atoms with Crippen LogP contribution in [0.25, 0.3) is 0 Å². The Labute approximate surface area is 151 Å². The molecule has 0 saturated carbocycles. The smallest absolute Gasteiger partial charge is 0.252 e. The third-order valence-electron chi connectivity index (χ3n) is 3.77. The molecule has 26 heavy (non-hydrogen) atoms. The minimum absolute atomic E-state index is 0.305. The Morgan fingerprint density at radius 2 is 1.15 bits per heavy atom. The summed E-state index contributed by atoms with van der Waals surface area (Å²) in [5.41, 5.74) is 2.44. The summed E-state index contributed by atoms with van der Waals surface area (Å²) in [6, 6.07) is 14.1. The standard InChI is InChI=1S/C20H18N4O2/c25-19(23-13-15-5-3-9-21-11-15)17-7-1-2-8-18(17)20(26)24-14-16-6-4-10-22-12-16/h1-12H,13-14H2,(H,23,25)(H,24,26). The van der Waals surface area contributed by atoms with Gasteiger partial charge in [0.1, 0.15) is 0 Å². The molecule has 2 heterocycles. The molecule has 3 aromatic rings. The number of amides is 2. The van der Waals surface area contributed by atoms with E-state index in [0.29, 0.717) is 24.2 Å². The molecule has 130 valence electrons. The van der Waals surface area contributed by atoms with E-state index in [1.54, 1.807) is 61.2 Å². The van der Waals surface area contributed by atoms with Gasteiger partial charge in [0.2, 0.25) is 0 Å². The number of nitrogens with one attached hydrogen (secondary N) is 2. The molecule has 0 aliphatic carbocycles. The van der Waals surface area contributed by atoms with Crippen LogP contribution < -0.4 is 10.6 Å². The Morgan fingerprint density at radius 1 is 0.692 bits per heavy atom. The van der Waals surface area contributed by atoms with Crippen LogP contribution in [0.15, 0.2) is 73.3 Å². The molecule has 0 unspecified atom stereocenters. The topological polar surface area (TPSA) is 84.0 Å². The maximum atomic E-state index is 12.5. The normalized spacial score (nSPS) is 10.2. The van der Waals surface area contributed by atoms with Gasteiger partial charge in [-0.1, -0.05) is 24.3 Å². The van der Waals surface area contributed by atoms with Gasteiger partial charge < -0.3 is 10.6 Å². The summed E-state index contributed by atoms with van der Waals surface area (Å²) in [5, 5.41) is 5.63. The van der Waals surface area contributed by atoms with Crippen molar-refractivity contribution >= 4 is 11.8 Å². The molecule has 0 fully saturated rings. The maximum Gasteiger partial charge on any atom is 0.252 e. The largest absolute Gasteiger partial charge is 0.348 e. The summed E-state index contributed by atoms with van der Waals surface area (Å²) in [7, 11) is 0. The molecule has 3 rings (SSSR count). The zero-order chi connectivity index (χ0) is 18.2. The van der Waals surface area contributed by atoms with E-state index < -0.39 is 0 Å². The van der Waals surface area contributed by atoms with Gasteiger partial charge in [-0.25, -0.2) is 0 Å². The van der Waals surface area contributed by atoms with E-state index in [1.165, 1.54) is 0 Å². The zero-order valence-corrected chi connectivity index (χ0v) is 14.1. The van der Waals surface area contributed by atoms with E-state index in [1.807, 2.05) is 12.1 Å². The van der Waals surface area contributed by atoms with Crippen LogP contribution in [-0.4, -0.2) is 21.8 Å². The zero-order valence-electron chi connectivity index (χ0n) is 14.1. The van der Waals surface area contributed by atoms with Gasteiger partial charge in [-0.15, -0.1) is 0 Å². The number of carbonyl (C=O) groups is 2. The summed E-state index contributed by atoms with van der Waals surface area (Å²) in [4.78, 5) is 33.0. The fourth-order valence-corrected chi connectivity index (χ4v) is 2.44. The average Bonchev–Trinajstić information content (AvgIpc) is 2.72. The van der Waals surface area contributed by atoms with Crippen LogP contribution >= 0.6 is 0 Å². The van der Waals surface area contributed by atoms with Gasteiger partial charge in [-0.3, -0.25) is 19.6 Å². The van der Waals surface area contributed by atoms with Crippen LogP contribution in [-0.2, 0) is 13.1 Å². The molecule has 0 radical (unpaired) electrons. The lowest BCUT2D eigenvalue weighted by molar-refractivity contribution is 0.0916. The quantitative estimate of drug-likeness (QED) is 0.717. The molecule has 0 saturated heterocycles. The van der Waals surface area contributed by atoms with Crippen molar-refractivity contribution in [2.75, 3.05) is 0 Å². The van der Waals surface area contributed by atoms with Gasteiger partial charge in [0, 0.05) is 37.9 Å². The van der Waals surface area contributed by atoms with Gasteiger partial charge in [-0.05, 0) is 35.4 Å². The van der Waals surface area contributed by atoms with E-state index in [9.17, 15) is 9.59 Å². The summed E-state index contributed by atoms with van der Waals surface area (Å²) in [6.45, 7) is 0.691. The lowest BCUT2D eigenvalue weighted by Crippen LogP contribution is -2.29. The van der Waals surface area contributed by atoms with Gasteiger partial charge in [0.25, 0.3) is 11.8 Å². The van der Waals surface area contributed by atoms with Crippen molar-refractivity contribution in [2.45, 2.75) is 13.1 Å². The van der Waals surface area contributed by atoms with E-state index in [2.05, 4.69) is 20.6 Å². The SMILES string of the molecule is O=C(NCc1cccnc1)c1ccccc1C(=O)NCc1cccnc1. The van der Waals surface area contributed by atoms with E-state index >= 15 is 0 Å². The van der Waals surface area contributed by atoms with Gasteiger partial charge in [0.05, 0.1) is 11.1 Å². The summed E-state index contributed by atoms with van der Waals surface area (Å²) < 4.78 is 0. The Hall–Kier alpha value is -3.54. The molecule has 1 aromatic carbocycles. The third kappa shape index (κ3) is 4.51. The molecule has 0 spiro atoms. The molecule has 2 aromatic heterocycles. The predicted molar refractivity (Wildman–Crippen MR) is 97.3 cm³/mol. The van der Waals surface area contributed by atoms with Crippen molar-refractivity contribution < 1.29 is 9.59 Å². The number of rotatable bonds is 6. The highest BCUT2D eigenvalue weighted by Crippen LogP contribution is 2.10. The van der Waals surface area contributed by atoms with Crippen molar-refractivity contribution in [1.29, 1.82) is 0 Å². The number of hydrogen-bond donors (Lipinski definition) is 2. The summed E-state index contributed by atoms with van der Waals surface area (Å²) >= 11 is 0. The Kier molecular flexibility index (Phi) is 5.67. The fraction of sp³-hybridized carbons (Fsp3) is 0.100. The van der Waals surface area contributed by atoms with E-state index in [4.69, 9.17) is 0 Å². The Bertz CT molecular complexity index is 808. The highest BCUT2D eigenvalue weighted by atomic mass is 16.2. The van der Waals surface area contributed by atoms with Crippen molar-refractivity contribution in [3.63, 3.8) is 0 Å². The Morgan fingerprint density at radius 3 is 1.54 bits per heavy atom. The number of pyridine rings is 2. The van der Waals surface area contributed by atoms with Crippen molar-refractivity contribution in [3.8, 4) is 0 Å². The molecule has 0 bridgehead atoms. The molecule has 0 atom stereocenters. The van der Waals surface area contributed by atoms with Gasteiger partial charge in [0.15, 0.2) is 0 Å². The monoisotopic (exact) mass is 346 g/mol. The number of aromatic nitrogens is 2. The first-order chi connectivity index (χ1) is 12.7. The first-order valence-electron chi connectivity index (χ1n) is 8.17. The minimum atomic E-state index is -0.305. The van der Waals surface area contributed by atoms with Crippen LogP contribution in [0.5, 0.6) is 0 Å². The summed E-state index contributed by atoms with van der Waals surface area (Å²) in [6.07, 6.45) is 6.72. The highest BCUT2D eigenvalue weighted by Gasteiger charge is 2.16. The van der Waals surface area contributed by atoms with Gasteiger partial charge in [-0.2, -0.15) is 0 Å². The first kappa shape index (κ1) is 17.3. The van der Waals surface area contributed by atoms with E-state index in [0.717, 1.165) is 11.1 Å². The molecule has 2 amide bonds. The lowest BCUT2D eigenvalue weighted by Gasteiger charge is -2.11. The third-order valence-corrected chi connectivity index (χ3v) is 3.77. The second kappa shape index (κ2) is 8.53. The summed E-state index contributed by atoms with van der Waals surface area (Å²) in [5.74, 6) is -0.609. The molecular formula is C20H18N4O2. The highest BCUT2D eigenvalue weighted by molar-refractivity contribution is 6.07. The first-order valence-corrected chi connectivity index (χ1v) is 8.17. The Balaban J connectivity index is 1.66. The van der Waals surface area contributed by atoms with Crippen molar-refractivity contribution in [3.05, 3.63) is 95.6 Å². The second-order valence-corrected chi connectivity index (χ2v) is 5.63. The van der Waals surface area contributed by atoms with Crippen LogP contribution in [0.2, 0.25) is 0 Å². The molecule has 0 aliphatic heterocycles. The minimum Gasteiger partial charge on any atom is -0.348 e. The maximum absolute atomic E-state index is 12.5. The predicted octanol–water partition coefficient (Wildman–Crippen LogP) is 2.34. The molecule has 6 nitrogen and oxygen atoms in total. The van der Waals surface area contributed by atoms with Crippen molar-refractivity contribution in [2.24, 2.45) is 0 Å². The lowest BCUT2D eigenvalue weighted by atomic mass is 10.1. The van der Waals surface area contributed by atoms with Crippen LogP contribution in [0.1, 0.15) is 31.8 Å². The van der Waals surface area contributed by atoms with Crippen LogP contribution in [0.3, 0.4) is 0 Å². The number of benzene rings is 1. The van der Waals surface area contributed by atoms with Crippen LogP contribution in [0, 0.1) is 0 Å². The van der Waals surface area contributed by atoms with Crippen molar-refractivity contribution in [1.82, 2.24) is 20.6 Å². The number of nitrogens with zero attached hydrogens (tertiary/aromatic N) is 2. The number of hydrogen-bond acceptors (Lipinski definition) is 4. The van der Waals surface area contributed by atoms with Gasteiger partial charge >= 0.3 is 0 Å².